The Balaban J connectivity index is 1.97. The van der Waals surface area contributed by atoms with Crippen molar-refractivity contribution in [3.05, 3.63) is 22.5 Å². The first-order valence-electron chi connectivity index (χ1n) is 14.6. The fourth-order valence-electron chi connectivity index (χ4n) is 4.95. The fourth-order valence-corrected chi connectivity index (χ4v) is 6.77. The number of aliphatic hydroxyl groups is 1. The first-order chi connectivity index (χ1) is 21.1. The summed E-state index contributed by atoms with van der Waals surface area (Å²) < 4.78 is 53.4. The number of hydrogen-bond donors (Lipinski definition) is 4. The van der Waals surface area contributed by atoms with Gasteiger partial charge in [0.25, 0.3) is 5.56 Å². The second-order valence-electron chi connectivity index (χ2n) is 11.6. The van der Waals surface area contributed by atoms with Gasteiger partial charge in [-0.15, -0.1) is 6.42 Å². The zero-order valence-corrected chi connectivity index (χ0v) is 27.3. The highest BCUT2D eigenvalue weighted by atomic mass is 31.2. The minimum Gasteiger partial charge on any atom is -0.468 e. The van der Waals surface area contributed by atoms with E-state index in [4.69, 9.17) is 25.2 Å². The van der Waals surface area contributed by atoms with Crippen molar-refractivity contribution in [2.75, 3.05) is 20.3 Å². The van der Waals surface area contributed by atoms with Gasteiger partial charge in [-0.2, -0.15) is 0 Å². The molecule has 1 fully saturated rings. The van der Waals surface area contributed by atoms with E-state index in [1.807, 2.05) is 33.6 Å². The van der Waals surface area contributed by atoms with E-state index >= 15 is 4.39 Å². The molecule has 2 aromatic rings. The molecule has 45 heavy (non-hydrogen) atoms. The summed E-state index contributed by atoms with van der Waals surface area (Å²) in [5, 5.41) is 16.4. The first-order valence-corrected chi connectivity index (χ1v) is 16.2. The lowest BCUT2D eigenvalue weighted by atomic mass is 9.97. The second kappa shape index (κ2) is 14.9. The first kappa shape index (κ1) is 36.3. The van der Waals surface area contributed by atoms with Crippen LogP contribution in [0, 0.1) is 31.1 Å². The number of esters is 2. The molecule has 0 amide bonds. The highest BCUT2D eigenvalue weighted by Gasteiger charge is 2.58. The highest BCUT2D eigenvalue weighted by Crippen LogP contribution is 2.46. The van der Waals surface area contributed by atoms with Gasteiger partial charge in [-0.05, 0) is 38.5 Å². The molecule has 4 N–H and O–H groups in total. The summed E-state index contributed by atoms with van der Waals surface area (Å²) >= 11 is 0. The van der Waals surface area contributed by atoms with Crippen LogP contribution in [0.2, 0.25) is 0 Å². The Kier molecular flexibility index (Phi) is 12.0. The lowest BCUT2D eigenvalue weighted by Crippen LogP contribution is -2.46. The summed E-state index contributed by atoms with van der Waals surface area (Å²) in [6.45, 7) is 9.85. The van der Waals surface area contributed by atoms with E-state index in [2.05, 4.69) is 25.1 Å². The number of hydrogen-bond acceptors (Lipinski definition) is 11. The predicted molar refractivity (Wildman–Crippen MR) is 160 cm³/mol. The summed E-state index contributed by atoms with van der Waals surface area (Å²) in [6, 6.07) is -2.26. The third kappa shape index (κ3) is 8.35. The molecule has 15 nitrogen and oxygen atoms in total. The zero-order chi connectivity index (χ0) is 33.7. The Morgan fingerprint density at radius 1 is 1.24 bits per heavy atom. The van der Waals surface area contributed by atoms with E-state index in [1.54, 1.807) is 6.92 Å². The molecule has 3 rings (SSSR count). The van der Waals surface area contributed by atoms with Gasteiger partial charge in [-0.1, -0.05) is 33.6 Å². The van der Waals surface area contributed by atoms with Crippen molar-refractivity contribution < 1.29 is 42.4 Å². The summed E-state index contributed by atoms with van der Waals surface area (Å²) in [5.41, 5.74) is -3.58. The number of halogens is 1. The van der Waals surface area contributed by atoms with Crippen molar-refractivity contribution in [2.45, 2.75) is 90.6 Å². The number of fused-ring (bicyclic) bond motifs is 1. The normalized spacial score (nSPS) is 24.4. The summed E-state index contributed by atoms with van der Waals surface area (Å²) in [4.78, 5) is 48.5. The Labute approximate surface area is 260 Å². The van der Waals surface area contributed by atoms with Crippen LogP contribution in [0.1, 0.15) is 59.5 Å². The van der Waals surface area contributed by atoms with Crippen LogP contribution in [-0.2, 0) is 32.9 Å². The van der Waals surface area contributed by atoms with Crippen molar-refractivity contribution in [1.29, 1.82) is 0 Å². The Morgan fingerprint density at radius 2 is 1.84 bits per heavy atom. The molecule has 2 aromatic heterocycles. The molecule has 0 saturated carbocycles. The number of carbonyl (C=O) groups is 2. The number of alkyl halides is 1. The summed E-state index contributed by atoms with van der Waals surface area (Å²) in [7, 11) is -3.22. The standard InChI is InChI=1S/C28H42FN6O9P/c1-9-28(29)22(36)20(44-27(28)35-14-30-21-23(35)31-17(7)32-24(21)37)13-43-45(40,33-18(11-15(3)4)25(38)41-8)34-19(12-16(5)6)26(39)42-10-2/h1,14-16,18-20,22,27,36H,10-13H2,2-8H3,(H,31,32,37)(H2,33,34,40)/t18?,19?,20-,22+,27-,28?,45?/m1/s1. The minimum absolute atomic E-state index is 0.0399. The van der Waals surface area contributed by atoms with Gasteiger partial charge in [0, 0.05) is 0 Å². The molecule has 0 aromatic carbocycles. The number of aliphatic hydroxyl groups excluding tert-OH is 1. The Morgan fingerprint density at radius 3 is 2.38 bits per heavy atom. The van der Waals surface area contributed by atoms with Crippen LogP contribution < -0.4 is 15.7 Å². The average molecular weight is 657 g/mol. The van der Waals surface area contributed by atoms with Gasteiger partial charge >= 0.3 is 19.6 Å². The molecule has 1 saturated heterocycles. The highest BCUT2D eigenvalue weighted by molar-refractivity contribution is 7.54. The maximum absolute atomic E-state index is 16.3. The van der Waals surface area contributed by atoms with Crippen LogP contribution in [0.5, 0.6) is 0 Å². The van der Waals surface area contributed by atoms with Crippen molar-refractivity contribution in [3.63, 3.8) is 0 Å². The molecular weight excluding hydrogens is 614 g/mol. The molecule has 0 bridgehead atoms. The number of aromatic nitrogens is 4. The van der Waals surface area contributed by atoms with E-state index < -0.39 is 68.0 Å². The van der Waals surface area contributed by atoms with Crippen molar-refractivity contribution in [2.24, 2.45) is 11.8 Å². The molecule has 0 spiro atoms. The number of nitrogens with zero attached hydrogens (tertiary/aromatic N) is 3. The van der Waals surface area contributed by atoms with Gasteiger partial charge < -0.3 is 28.8 Å². The molecule has 17 heteroatoms. The number of terminal acetylenes is 1. The SMILES string of the molecule is C#CC1(F)[C@@H](O)[C@@H](COP(=O)(NC(CC(C)C)C(=O)OC)NC(CC(C)C)C(=O)OCC)O[C@H]1n1cnc2c(=O)[nH]c(C)nc21. The Hall–Kier alpha value is -3.19. The van der Waals surface area contributed by atoms with Crippen molar-refractivity contribution in [3.8, 4) is 12.3 Å². The van der Waals surface area contributed by atoms with E-state index in [0.29, 0.717) is 0 Å². The third-order valence-electron chi connectivity index (χ3n) is 7.01. The number of ether oxygens (including phenoxy) is 3. The van der Waals surface area contributed by atoms with Crippen LogP contribution in [0.4, 0.5) is 4.39 Å². The number of rotatable bonds is 15. The van der Waals surface area contributed by atoms with E-state index in [9.17, 15) is 24.1 Å². The van der Waals surface area contributed by atoms with Gasteiger partial charge in [-0.25, -0.2) is 24.5 Å². The molecule has 250 valence electrons. The molecule has 1 aliphatic heterocycles. The number of imidazole rings is 1. The molecule has 0 aliphatic carbocycles. The molecule has 7 atom stereocenters. The molecule has 1 aliphatic rings. The maximum atomic E-state index is 16.3. The van der Waals surface area contributed by atoms with Crippen LogP contribution in [0.15, 0.2) is 11.1 Å². The van der Waals surface area contributed by atoms with Crippen LogP contribution in [-0.4, -0.2) is 86.8 Å². The third-order valence-corrected chi connectivity index (χ3v) is 8.83. The zero-order valence-electron chi connectivity index (χ0n) is 26.4. The number of aromatic amines is 1. The lowest BCUT2D eigenvalue weighted by molar-refractivity contribution is -0.145. The monoisotopic (exact) mass is 656 g/mol. The van der Waals surface area contributed by atoms with Crippen LogP contribution in [0.3, 0.4) is 0 Å². The van der Waals surface area contributed by atoms with Gasteiger partial charge in [0.05, 0.1) is 26.7 Å². The molecule has 3 heterocycles. The molecular formula is C28H42FN6O9P. The van der Waals surface area contributed by atoms with Crippen LogP contribution in [0.25, 0.3) is 11.2 Å². The smallest absolute Gasteiger partial charge is 0.342 e. The quantitative estimate of drug-likeness (QED) is 0.123. The van der Waals surface area contributed by atoms with Gasteiger partial charge in [0.1, 0.15) is 30.1 Å². The van der Waals surface area contributed by atoms with Gasteiger partial charge in [-0.3, -0.25) is 23.5 Å². The van der Waals surface area contributed by atoms with E-state index in [0.717, 1.165) is 10.9 Å². The molecule has 0 radical (unpaired) electrons. The topological polar surface area (TPSA) is 196 Å². The van der Waals surface area contributed by atoms with Gasteiger partial charge in [0.2, 0.25) is 5.67 Å². The summed E-state index contributed by atoms with van der Waals surface area (Å²) in [6.07, 6.45) is 1.78. The Bertz CT molecular complexity index is 1510. The maximum Gasteiger partial charge on any atom is 0.342 e. The number of carbonyl (C=O) groups excluding carboxylic acids is 2. The largest absolute Gasteiger partial charge is 0.468 e. The molecule has 4 unspecified atom stereocenters. The number of nitrogens with one attached hydrogen (secondary N) is 3. The van der Waals surface area contributed by atoms with E-state index in [-0.39, 0.29) is 48.3 Å². The average Bonchev–Trinajstić information content (AvgIpc) is 3.49. The number of aryl methyl sites for hydroxylation is 1. The minimum atomic E-state index is -4.39. The lowest BCUT2D eigenvalue weighted by Gasteiger charge is -2.30. The second-order valence-corrected chi connectivity index (χ2v) is 13.5. The van der Waals surface area contributed by atoms with Crippen molar-refractivity contribution in [1.82, 2.24) is 29.7 Å². The fraction of sp³-hybridized carbons (Fsp3) is 0.679. The van der Waals surface area contributed by atoms with Crippen molar-refractivity contribution >= 4 is 30.8 Å². The number of H-pyrrole nitrogens is 1. The predicted octanol–water partition coefficient (Wildman–Crippen LogP) is 1.90. The van der Waals surface area contributed by atoms with Crippen LogP contribution >= 0.6 is 7.67 Å². The number of methoxy groups -OCH3 is 1. The van der Waals surface area contributed by atoms with Gasteiger partial charge in [0.15, 0.2) is 17.4 Å². The summed E-state index contributed by atoms with van der Waals surface area (Å²) in [5.74, 6) is 0.607. The van der Waals surface area contributed by atoms with E-state index in [1.165, 1.54) is 14.0 Å².